The van der Waals surface area contributed by atoms with Gasteiger partial charge in [0.15, 0.2) is 0 Å². The highest BCUT2D eigenvalue weighted by atomic mass is 15.1. The first-order valence-corrected chi connectivity index (χ1v) is 9.02. The summed E-state index contributed by atoms with van der Waals surface area (Å²) in [7, 11) is 2.38. The van der Waals surface area contributed by atoms with Gasteiger partial charge in [-0.3, -0.25) is 0 Å². The van der Waals surface area contributed by atoms with E-state index in [9.17, 15) is 0 Å². The molecule has 3 unspecified atom stereocenters. The maximum Gasteiger partial charge on any atom is 0.00923 e. The molecule has 3 aliphatic rings. The third-order valence-corrected chi connectivity index (χ3v) is 6.11. The maximum absolute atomic E-state index is 3.85. The molecule has 2 heteroatoms. The quantitative estimate of drug-likeness (QED) is 0.764. The second kappa shape index (κ2) is 5.96. The lowest BCUT2D eigenvalue weighted by Crippen LogP contribution is -2.48. The molecule has 0 spiro atoms. The fourth-order valence-corrected chi connectivity index (χ4v) is 4.39. The van der Waals surface area contributed by atoms with Crippen LogP contribution in [0.5, 0.6) is 0 Å². The van der Waals surface area contributed by atoms with E-state index in [4.69, 9.17) is 0 Å². The first kappa shape index (κ1) is 14.8. The molecule has 116 valence electrons. The fourth-order valence-electron chi connectivity index (χ4n) is 4.39. The molecule has 0 aromatic rings. The Balaban J connectivity index is 1.60. The molecule has 1 N–H and O–H groups in total. The lowest BCUT2D eigenvalue weighted by molar-refractivity contribution is 0.0709. The molecule has 0 heterocycles. The van der Waals surface area contributed by atoms with E-state index in [0.29, 0.717) is 5.41 Å². The molecule has 3 saturated carbocycles. The Morgan fingerprint density at radius 1 is 1.20 bits per heavy atom. The number of nitrogens with zero attached hydrogens (tertiary/aromatic N) is 1. The number of hydrogen-bond acceptors (Lipinski definition) is 2. The van der Waals surface area contributed by atoms with E-state index in [1.807, 2.05) is 0 Å². The van der Waals surface area contributed by atoms with Crippen molar-refractivity contribution >= 4 is 0 Å². The molecule has 0 aliphatic heterocycles. The predicted molar refractivity (Wildman–Crippen MR) is 85.9 cm³/mol. The third kappa shape index (κ3) is 3.76. The van der Waals surface area contributed by atoms with Gasteiger partial charge in [0, 0.05) is 25.2 Å². The van der Waals surface area contributed by atoms with E-state index in [0.717, 1.165) is 23.9 Å². The summed E-state index contributed by atoms with van der Waals surface area (Å²) >= 11 is 0. The van der Waals surface area contributed by atoms with Gasteiger partial charge in [0.2, 0.25) is 0 Å². The summed E-state index contributed by atoms with van der Waals surface area (Å²) in [5.74, 6) is 1.92. The van der Waals surface area contributed by atoms with E-state index < -0.39 is 0 Å². The van der Waals surface area contributed by atoms with E-state index >= 15 is 0 Å². The maximum atomic E-state index is 3.85. The molecule has 20 heavy (non-hydrogen) atoms. The Kier molecular flexibility index (Phi) is 4.42. The average Bonchev–Trinajstić information content (AvgIpc) is 3.29. The van der Waals surface area contributed by atoms with Crippen molar-refractivity contribution < 1.29 is 0 Å². The predicted octanol–water partition coefficient (Wildman–Crippen LogP) is 3.67. The van der Waals surface area contributed by atoms with Crippen molar-refractivity contribution in [2.45, 2.75) is 77.3 Å². The Labute approximate surface area is 125 Å². The van der Waals surface area contributed by atoms with Crippen LogP contribution in [0.3, 0.4) is 0 Å². The zero-order valence-electron chi connectivity index (χ0n) is 13.8. The summed E-state index contributed by atoms with van der Waals surface area (Å²) < 4.78 is 0. The summed E-state index contributed by atoms with van der Waals surface area (Å²) in [6.07, 6.45) is 11.5. The highest BCUT2D eigenvalue weighted by Gasteiger charge is 2.39. The van der Waals surface area contributed by atoms with Gasteiger partial charge >= 0.3 is 0 Å². The molecule has 0 saturated heterocycles. The van der Waals surface area contributed by atoms with Crippen molar-refractivity contribution in [2.24, 2.45) is 17.3 Å². The molecule has 0 aromatic heterocycles. The number of rotatable bonds is 7. The minimum Gasteiger partial charge on any atom is -0.313 e. The van der Waals surface area contributed by atoms with Crippen LogP contribution in [-0.4, -0.2) is 37.1 Å². The van der Waals surface area contributed by atoms with Crippen molar-refractivity contribution in [2.75, 3.05) is 20.1 Å². The SMILES string of the molecule is CC1CCCC(CNC2CC2)(CN(C)C(C)C2CC2)C1. The lowest BCUT2D eigenvalue weighted by Gasteiger charge is -2.44. The van der Waals surface area contributed by atoms with Crippen molar-refractivity contribution in [1.82, 2.24) is 10.2 Å². The van der Waals surface area contributed by atoms with Gasteiger partial charge in [-0.05, 0) is 69.7 Å². The van der Waals surface area contributed by atoms with E-state index in [2.05, 4.69) is 31.1 Å². The van der Waals surface area contributed by atoms with Gasteiger partial charge in [0.1, 0.15) is 0 Å². The van der Waals surface area contributed by atoms with Crippen LogP contribution in [0.15, 0.2) is 0 Å². The highest BCUT2D eigenvalue weighted by molar-refractivity contribution is 4.94. The summed E-state index contributed by atoms with van der Waals surface area (Å²) in [6.45, 7) is 7.50. The molecule has 2 nitrogen and oxygen atoms in total. The molecule has 0 amide bonds. The Hall–Kier alpha value is -0.0800. The van der Waals surface area contributed by atoms with Crippen molar-refractivity contribution in [3.05, 3.63) is 0 Å². The summed E-state index contributed by atoms with van der Waals surface area (Å²) in [6, 6.07) is 1.65. The van der Waals surface area contributed by atoms with Crippen molar-refractivity contribution in [3.8, 4) is 0 Å². The lowest BCUT2D eigenvalue weighted by atomic mass is 9.69. The summed E-state index contributed by atoms with van der Waals surface area (Å²) in [5.41, 5.74) is 0.554. The van der Waals surface area contributed by atoms with Crippen LogP contribution in [0.4, 0.5) is 0 Å². The van der Waals surface area contributed by atoms with Crippen LogP contribution in [0.1, 0.15) is 65.2 Å². The number of nitrogens with one attached hydrogen (secondary N) is 1. The largest absolute Gasteiger partial charge is 0.313 e. The van der Waals surface area contributed by atoms with Gasteiger partial charge in [-0.15, -0.1) is 0 Å². The van der Waals surface area contributed by atoms with E-state index in [1.54, 1.807) is 0 Å². The molecule has 0 bridgehead atoms. The summed E-state index contributed by atoms with van der Waals surface area (Å²) in [5, 5.41) is 3.85. The zero-order valence-corrected chi connectivity index (χ0v) is 13.8. The molecule has 3 fully saturated rings. The fraction of sp³-hybridized carbons (Fsp3) is 1.00. The molecular formula is C18H34N2. The molecule has 3 rings (SSSR count). The highest BCUT2D eigenvalue weighted by Crippen LogP contribution is 2.42. The van der Waals surface area contributed by atoms with Crippen LogP contribution in [-0.2, 0) is 0 Å². The van der Waals surface area contributed by atoms with Crippen LogP contribution in [0.25, 0.3) is 0 Å². The van der Waals surface area contributed by atoms with Crippen LogP contribution < -0.4 is 5.32 Å². The Morgan fingerprint density at radius 2 is 1.95 bits per heavy atom. The second-order valence-corrected chi connectivity index (χ2v) is 8.35. The summed E-state index contributed by atoms with van der Waals surface area (Å²) in [4.78, 5) is 2.68. The molecule has 3 atom stereocenters. The Bertz CT molecular complexity index is 321. The van der Waals surface area contributed by atoms with Gasteiger partial charge < -0.3 is 10.2 Å². The first-order valence-electron chi connectivity index (χ1n) is 9.02. The van der Waals surface area contributed by atoms with Crippen LogP contribution in [0.2, 0.25) is 0 Å². The second-order valence-electron chi connectivity index (χ2n) is 8.35. The topological polar surface area (TPSA) is 15.3 Å². The minimum absolute atomic E-state index is 0.554. The molecule has 3 aliphatic carbocycles. The van der Waals surface area contributed by atoms with Crippen LogP contribution in [0, 0.1) is 17.3 Å². The zero-order chi connectivity index (χ0) is 14.2. The molecule has 0 aromatic carbocycles. The third-order valence-electron chi connectivity index (χ3n) is 6.11. The minimum atomic E-state index is 0.554. The van der Waals surface area contributed by atoms with E-state index in [-0.39, 0.29) is 0 Å². The standard InChI is InChI=1S/C18H34N2/c1-14-5-4-10-18(11-14,12-19-17-8-9-17)13-20(3)15(2)16-6-7-16/h14-17,19H,4-13H2,1-3H3. The normalized spacial score (nSPS) is 36.3. The van der Waals surface area contributed by atoms with Gasteiger partial charge in [-0.1, -0.05) is 19.8 Å². The van der Waals surface area contributed by atoms with Gasteiger partial charge in [-0.25, -0.2) is 0 Å². The Morgan fingerprint density at radius 3 is 2.55 bits per heavy atom. The van der Waals surface area contributed by atoms with Gasteiger partial charge in [0.25, 0.3) is 0 Å². The van der Waals surface area contributed by atoms with Gasteiger partial charge in [0.05, 0.1) is 0 Å². The first-order chi connectivity index (χ1) is 9.58. The molecule has 0 radical (unpaired) electrons. The smallest absolute Gasteiger partial charge is 0.00923 e. The monoisotopic (exact) mass is 278 g/mol. The van der Waals surface area contributed by atoms with Crippen LogP contribution >= 0.6 is 0 Å². The van der Waals surface area contributed by atoms with Gasteiger partial charge in [-0.2, -0.15) is 0 Å². The number of hydrogen-bond donors (Lipinski definition) is 1. The average molecular weight is 278 g/mol. The van der Waals surface area contributed by atoms with Crippen molar-refractivity contribution in [1.29, 1.82) is 0 Å². The van der Waals surface area contributed by atoms with E-state index in [1.165, 1.54) is 64.5 Å². The molecular weight excluding hydrogens is 244 g/mol. The van der Waals surface area contributed by atoms with Crippen molar-refractivity contribution in [3.63, 3.8) is 0 Å².